The fourth-order valence-electron chi connectivity index (χ4n) is 2.03. The largest absolute Gasteiger partial charge is 0.298 e. The molecule has 0 aliphatic carbocycles. The first-order valence-electron chi connectivity index (χ1n) is 6.31. The van der Waals surface area contributed by atoms with Crippen LogP contribution in [0.15, 0.2) is 0 Å². The molecule has 0 saturated carbocycles. The van der Waals surface area contributed by atoms with Crippen LogP contribution >= 0.6 is 15.1 Å². The summed E-state index contributed by atoms with van der Waals surface area (Å²) in [6.45, 7) is 7.92. The van der Waals surface area contributed by atoms with E-state index in [-0.39, 0.29) is 21.0 Å². The smallest absolute Gasteiger partial charge is 0.221 e. The molecule has 1 rings (SSSR count). The van der Waals surface area contributed by atoms with E-state index in [1.54, 1.807) is 0 Å². The van der Waals surface area contributed by atoms with Crippen molar-refractivity contribution in [3.63, 3.8) is 0 Å². The average Bonchev–Trinajstić information content (AvgIpc) is 2.29. The molecule has 0 aromatic heterocycles. The van der Waals surface area contributed by atoms with Gasteiger partial charge in [-0.05, 0) is 25.9 Å². The van der Waals surface area contributed by atoms with Crippen molar-refractivity contribution in [2.24, 2.45) is 5.73 Å². The molecule has 0 spiro atoms. The predicted octanol–water partition coefficient (Wildman–Crippen LogP) is 1.72. The summed E-state index contributed by atoms with van der Waals surface area (Å²) in [5.41, 5.74) is 6.08. The van der Waals surface area contributed by atoms with Crippen LogP contribution in [0, 0.1) is 0 Å². The lowest BCUT2D eigenvalue weighted by Crippen LogP contribution is -2.47. The first-order chi connectivity index (χ1) is 8.00. The van der Waals surface area contributed by atoms with Crippen LogP contribution in [0.2, 0.25) is 0 Å². The number of nitrogens with zero attached hydrogens (tertiary/aromatic N) is 1. The minimum Gasteiger partial charge on any atom is -0.298 e. The standard InChI is InChI=1S/C12H27N3P2/c1-16(2)11(14-12(13)17(3)4)10-15-8-6-5-7-9-15/h11-12,14H,1,3,5-10,13H2,2,4H3/q+2. The molecule has 17 heavy (non-hydrogen) atoms. The van der Waals surface area contributed by atoms with Crippen LogP contribution in [-0.4, -0.2) is 62.2 Å². The second-order valence-electron chi connectivity index (χ2n) is 5.00. The van der Waals surface area contributed by atoms with Crippen molar-refractivity contribution in [1.29, 1.82) is 0 Å². The Kier molecular flexibility index (Phi) is 6.84. The molecule has 1 aliphatic rings. The monoisotopic (exact) mass is 275 g/mol. The first-order valence-corrected chi connectivity index (χ1v) is 10.4. The Morgan fingerprint density at radius 1 is 1.18 bits per heavy atom. The summed E-state index contributed by atoms with van der Waals surface area (Å²) in [4.78, 5) is 2.55. The molecule has 0 aromatic rings. The number of nitrogens with one attached hydrogen (secondary N) is 1. The van der Waals surface area contributed by atoms with Gasteiger partial charge in [0, 0.05) is 0 Å². The van der Waals surface area contributed by atoms with Gasteiger partial charge in [-0.2, -0.15) is 0 Å². The highest BCUT2D eigenvalue weighted by molar-refractivity contribution is 7.56. The van der Waals surface area contributed by atoms with Crippen LogP contribution in [-0.2, 0) is 0 Å². The van der Waals surface area contributed by atoms with Gasteiger partial charge in [-0.1, -0.05) is 6.42 Å². The van der Waals surface area contributed by atoms with E-state index in [9.17, 15) is 0 Å². The summed E-state index contributed by atoms with van der Waals surface area (Å²) in [7, 11) is -0.608. The zero-order valence-corrected chi connectivity index (χ0v) is 13.0. The van der Waals surface area contributed by atoms with E-state index in [4.69, 9.17) is 5.73 Å². The van der Waals surface area contributed by atoms with Crippen LogP contribution in [0.4, 0.5) is 0 Å². The molecule has 1 aliphatic heterocycles. The van der Waals surface area contributed by atoms with Gasteiger partial charge in [0.2, 0.25) is 5.91 Å². The first kappa shape index (κ1) is 15.3. The maximum absolute atomic E-state index is 6.08. The Labute approximate surface area is 108 Å². The summed E-state index contributed by atoms with van der Waals surface area (Å²) in [5.74, 6) is 0.497. The summed E-state index contributed by atoms with van der Waals surface area (Å²) in [5, 5.41) is 3.53. The molecule has 4 atom stereocenters. The SMILES string of the molecule is C=[P+](C)C(N)NC(CN1CCCCC1)[P+](=C)C. The highest BCUT2D eigenvalue weighted by atomic mass is 31.1. The molecule has 4 unspecified atom stereocenters. The van der Waals surface area contributed by atoms with E-state index < -0.39 is 0 Å². The minimum atomic E-state index is -0.361. The minimum absolute atomic E-state index is 0.0477. The van der Waals surface area contributed by atoms with Crippen molar-refractivity contribution >= 4 is 27.7 Å². The van der Waals surface area contributed by atoms with Crippen LogP contribution in [0.1, 0.15) is 19.3 Å². The molecular weight excluding hydrogens is 248 g/mol. The molecule has 1 fully saturated rings. The Morgan fingerprint density at radius 3 is 2.24 bits per heavy atom. The topological polar surface area (TPSA) is 41.3 Å². The normalized spacial score (nSPS) is 23.0. The van der Waals surface area contributed by atoms with E-state index in [0.717, 1.165) is 6.54 Å². The molecule has 5 heteroatoms. The molecule has 1 heterocycles. The number of piperidine rings is 1. The summed E-state index contributed by atoms with van der Waals surface area (Å²) in [6, 6.07) is 0. The second-order valence-corrected chi connectivity index (χ2v) is 9.21. The van der Waals surface area contributed by atoms with E-state index in [1.165, 1.54) is 32.4 Å². The van der Waals surface area contributed by atoms with Gasteiger partial charge < -0.3 is 0 Å². The zero-order valence-electron chi connectivity index (χ0n) is 11.2. The Morgan fingerprint density at radius 2 is 1.76 bits per heavy atom. The van der Waals surface area contributed by atoms with Gasteiger partial charge >= 0.3 is 0 Å². The zero-order chi connectivity index (χ0) is 12.8. The Balaban J connectivity index is 2.47. The van der Waals surface area contributed by atoms with Crippen LogP contribution in [0.3, 0.4) is 0 Å². The highest BCUT2D eigenvalue weighted by Crippen LogP contribution is 2.25. The van der Waals surface area contributed by atoms with Gasteiger partial charge in [0.1, 0.15) is 15.1 Å². The third-order valence-electron chi connectivity index (χ3n) is 3.25. The van der Waals surface area contributed by atoms with Crippen molar-refractivity contribution in [3.8, 4) is 0 Å². The molecule has 0 aromatic carbocycles. The van der Waals surface area contributed by atoms with Gasteiger partial charge in [-0.15, -0.1) is 0 Å². The van der Waals surface area contributed by atoms with Gasteiger partial charge in [-0.3, -0.25) is 10.6 Å². The predicted molar refractivity (Wildman–Crippen MR) is 85.1 cm³/mol. The van der Waals surface area contributed by atoms with Crippen LogP contribution in [0.5, 0.6) is 0 Å². The van der Waals surface area contributed by atoms with Crippen molar-refractivity contribution in [2.75, 3.05) is 33.0 Å². The molecule has 98 valence electrons. The summed E-state index contributed by atoms with van der Waals surface area (Å²) < 4.78 is 0. The molecule has 3 nitrogen and oxygen atoms in total. The van der Waals surface area contributed by atoms with E-state index in [2.05, 4.69) is 36.1 Å². The molecule has 0 bridgehead atoms. The molecule has 0 amide bonds. The maximum Gasteiger partial charge on any atom is 0.221 e. The van der Waals surface area contributed by atoms with Crippen LogP contribution < -0.4 is 11.1 Å². The molecule has 3 N–H and O–H groups in total. The lowest BCUT2D eigenvalue weighted by molar-refractivity contribution is 0.222. The molecule has 1 saturated heterocycles. The van der Waals surface area contributed by atoms with Gasteiger partial charge in [0.15, 0.2) is 5.78 Å². The van der Waals surface area contributed by atoms with Crippen molar-refractivity contribution in [1.82, 2.24) is 10.2 Å². The van der Waals surface area contributed by atoms with Crippen LogP contribution in [0.25, 0.3) is 0 Å². The third-order valence-corrected chi connectivity index (χ3v) is 5.73. The number of rotatable bonds is 6. The Hall–Kier alpha value is 0.220. The average molecular weight is 275 g/mol. The Bertz CT molecular complexity index is 275. The quantitative estimate of drug-likeness (QED) is 0.573. The summed E-state index contributed by atoms with van der Waals surface area (Å²) in [6.07, 6.45) is 12.3. The third kappa shape index (κ3) is 5.59. The van der Waals surface area contributed by atoms with Crippen molar-refractivity contribution < 1.29 is 0 Å². The van der Waals surface area contributed by atoms with Crippen molar-refractivity contribution in [2.45, 2.75) is 31.0 Å². The fraction of sp³-hybridized carbons (Fsp3) is 0.833. The summed E-state index contributed by atoms with van der Waals surface area (Å²) >= 11 is 0. The lowest BCUT2D eigenvalue weighted by atomic mass is 10.1. The van der Waals surface area contributed by atoms with Crippen molar-refractivity contribution in [3.05, 3.63) is 0 Å². The molecular formula is C12H27N3P2+2. The number of likely N-dealkylation sites (tertiary alicyclic amines) is 1. The maximum atomic E-state index is 6.08. The molecule has 0 radical (unpaired) electrons. The lowest BCUT2D eigenvalue weighted by Gasteiger charge is -2.28. The highest BCUT2D eigenvalue weighted by Gasteiger charge is 2.27. The number of nitrogens with two attached hydrogens (primary N) is 1. The fourth-order valence-corrected chi connectivity index (χ4v) is 3.51. The number of hydrogen-bond donors (Lipinski definition) is 2. The van der Waals surface area contributed by atoms with E-state index in [0.29, 0.717) is 5.78 Å². The van der Waals surface area contributed by atoms with E-state index in [1.807, 2.05) is 0 Å². The second kappa shape index (κ2) is 7.61. The number of hydrogen-bond acceptors (Lipinski definition) is 3. The van der Waals surface area contributed by atoms with E-state index >= 15 is 0 Å². The van der Waals surface area contributed by atoms with Gasteiger partial charge in [0.25, 0.3) is 0 Å². The van der Waals surface area contributed by atoms with Gasteiger partial charge in [0.05, 0.1) is 32.5 Å². The van der Waals surface area contributed by atoms with Gasteiger partial charge in [-0.25, -0.2) is 5.32 Å².